The van der Waals surface area contributed by atoms with Gasteiger partial charge >= 0.3 is 0 Å². The van der Waals surface area contributed by atoms with Gasteiger partial charge in [-0.25, -0.2) is 13.4 Å². The molecule has 2 aromatic carbocycles. The van der Waals surface area contributed by atoms with Crippen LogP contribution in [0.25, 0.3) is 0 Å². The Balaban J connectivity index is 1.94. The fraction of sp³-hybridized carbons (Fsp3) is 0.174. The predicted molar refractivity (Wildman–Crippen MR) is 131 cm³/mol. The summed E-state index contributed by atoms with van der Waals surface area (Å²) in [4.78, 5) is 20.1. The number of nitrogens with one attached hydrogen (secondary N) is 2. The second-order valence-corrected chi connectivity index (χ2v) is 10.1. The Hall–Kier alpha value is -3.63. The Bertz CT molecular complexity index is 1330. The highest BCUT2D eigenvalue weighted by molar-refractivity contribution is 7.92. The monoisotopic (exact) mass is 502 g/mol. The summed E-state index contributed by atoms with van der Waals surface area (Å²) in [5.41, 5.74) is 0.951. The third-order valence-electron chi connectivity index (χ3n) is 4.59. The molecular weight excluding hydrogens is 480 g/mol. The summed E-state index contributed by atoms with van der Waals surface area (Å²) in [7, 11) is -2.12. The second kappa shape index (κ2) is 10.5. The van der Waals surface area contributed by atoms with Crippen LogP contribution in [0.2, 0.25) is 5.02 Å². The lowest BCUT2D eigenvalue weighted by molar-refractivity contribution is -0.111. The maximum atomic E-state index is 12.7. The van der Waals surface area contributed by atoms with Crippen molar-refractivity contribution in [1.82, 2.24) is 9.97 Å². The molecule has 0 aliphatic rings. The number of para-hydroxylation sites is 1. The Morgan fingerprint density at radius 1 is 1.18 bits per heavy atom. The number of rotatable bonds is 9. The highest BCUT2D eigenvalue weighted by Gasteiger charge is 2.24. The lowest BCUT2D eigenvalue weighted by atomic mass is 10.2. The minimum atomic E-state index is -3.61. The van der Waals surface area contributed by atoms with Crippen molar-refractivity contribution in [3.05, 3.63) is 66.3 Å². The number of anilines is 3. The van der Waals surface area contributed by atoms with E-state index in [1.807, 2.05) is 0 Å². The van der Waals surface area contributed by atoms with Crippen LogP contribution < -0.4 is 20.1 Å². The van der Waals surface area contributed by atoms with Crippen molar-refractivity contribution in [3.63, 3.8) is 0 Å². The normalized spacial score (nSPS) is 11.1. The number of hydrogen-bond donors (Lipinski definition) is 2. The van der Waals surface area contributed by atoms with Crippen LogP contribution in [0.3, 0.4) is 0 Å². The van der Waals surface area contributed by atoms with E-state index in [1.165, 1.54) is 25.4 Å². The standard InChI is InChI=1S/C23H23ClN4O5S/c1-5-21(29)26-15-10-11-18(32-4)17(12-15)27-23-25-13-16(24)22(28-23)33-19-8-6-7-9-20(19)34(30,31)14(2)3/h5-14H,1H2,2-4H3,(H,26,29)(H,25,27,28). The Labute approximate surface area is 202 Å². The lowest BCUT2D eigenvalue weighted by Gasteiger charge is -2.15. The van der Waals surface area contributed by atoms with Gasteiger partial charge in [-0.05, 0) is 50.3 Å². The molecule has 178 valence electrons. The highest BCUT2D eigenvalue weighted by atomic mass is 35.5. The quantitative estimate of drug-likeness (QED) is 0.393. The molecule has 0 radical (unpaired) electrons. The molecule has 0 fully saturated rings. The van der Waals surface area contributed by atoms with E-state index < -0.39 is 15.1 Å². The first-order valence-corrected chi connectivity index (χ1v) is 12.0. The molecule has 0 bridgehead atoms. The molecule has 0 atom stereocenters. The topological polar surface area (TPSA) is 120 Å². The van der Waals surface area contributed by atoms with Crippen molar-refractivity contribution in [2.24, 2.45) is 0 Å². The summed E-state index contributed by atoms with van der Waals surface area (Å²) in [6, 6.07) is 11.2. The first-order valence-electron chi connectivity index (χ1n) is 10.1. The second-order valence-electron chi connectivity index (χ2n) is 7.22. The van der Waals surface area contributed by atoms with Crippen molar-refractivity contribution in [2.75, 3.05) is 17.7 Å². The Kier molecular flexibility index (Phi) is 7.75. The average molecular weight is 503 g/mol. The maximum Gasteiger partial charge on any atom is 0.247 e. The van der Waals surface area contributed by atoms with Crippen molar-refractivity contribution >= 4 is 44.7 Å². The molecule has 3 aromatic rings. The zero-order valence-corrected chi connectivity index (χ0v) is 20.3. The first kappa shape index (κ1) is 25.0. The predicted octanol–water partition coefficient (Wildman–Crippen LogP) is 4.98. The van der Waals surface area contributed by atoms with Crippen LogP contribution in [0, 0.1) is 0 Å². The van der Waals surface area contributed by atoms with Gasteiger partial charge in [-0.15, -0.1) is 0 Å². The average Bonchev–Trinajstić information content (AvgIpc) is 2.81. The summed E-state index contributed by atoms with van der Waals surface area (Å²) >= 11 is 6.23. The molecule has 3 rings (SSSR count). The molecule has 2 N–H and O–H groups in total. The number of sulfone groups is 1. The number of halogens is 1. The number of amides is 1. The number of aromatic nitrogens is 2. The van der Waals surface area contributed by atoms with E-state index in [0.717, 1.165) is 6.08 Å². The molecule has 9 nitrogen and oxygen atoms in total. The summed E-state index contributed by atoms with van der Waals surface area (Å²) < 4.78 is 36.6. The van der Waals surface area contributed by atoms with Crippen LogP contribution in [0.15, 0.2) is 66.2 Å². The van der Waals surface area contributed by atoms with E-state index in [1.54, 1.807) is 44.2 Å². The van der Waals surface area contributed by atoms with Gasteiger partial charge in [0.25, 0.3) is 0 Å². The van der Waals surface area contributed by atoms with Gasteiger partial charge < -0.3 is 20.1 Å². The minimum Gasteiger partial charge on any atom is -0.495 e. The van der Waals surface area contributed by atoms with Crippen molar-refractivity contribution in [3.8, 4) is 17.4 Å². The molecular formula is C23H23ClN4O5S. The van der Waals surface area contributed by atoms with Crippen LogP contribution in [-0.2, 0) is 14.6 Å². The Morgan fingerprint density at radius 2 is 1.91 bits per heavy atom. The van der Waals surface area contributed by atoms with E-state index in [9.17, 15) is 13.2 Å². The summed E-state index contributed by atoms with van der Waals surface area (Å²) in [6.07, 6.45) is 2.47. The molecule has 1 aromatic heterocycles. The van der Waals surface area contributed by atoms with Gasteiger partial charge in [0.15, 0.2) is 9.84 Å². The summed E-state index contributed by atoms with van der Waals surface area (Å²) in [6.45, 7) is 6.60. The molecule has 34 heavy (non-hydrogen) atoms. The largest absolute Gasteiger partial charge is 0.495 e. The molecule has 11 heteroatoms. The summed E-state index contributed by atoms with van der Waals surface area (Å²) in [5, 5.41) is 5.09. The number of carbonyl (C=O) groups is 1. The number of carbonyl (C=O) groups excluding carboxylic acids is 1. The van der Waals surface area contributed by atoms with Gasteiger partial charge in [-0.2, -0.15) is 4.98 Å². The SMILES string of the molecule is C=CC(=O)Nc1ccc(OC)c(Nc2ncc(Cl)c(Oc3ccccc3S(=O)(=O)C(C)C)n2)c1. The molecule has 0 aliphatic heterocycles. The van der Waals surface area contributed by atoms with Crippen molar-refractivity contribution in [2.45, 2.75) is 24.0 Å². The Morgan fingerprint density at radius 3 is 2.59 bits per heavy atom. The van der Waals surface area contributed by atoms with Crippen LogP contribution in [0.1, 0.15) is 13.8 Å². The number of nitrogens with zero attached hydrogens (tertiary/aromatic N) is 2. The fourth-order valence-corrected chi connectivity index (χ4v) is 4.10. The maximum absolute atomic E-state index is 12.7. The molecule has 0 saturated heterocycles. The number of hydrogen-bond acceptors (Lipinski definition) is 8. The molecule has 0 saturated carbocycles. The third-order valence-corrected chi connectivity index (χ3v) is 7.04. The molecule has 0 spiro atoms. The number of ether oxygens (including phenoxy) is 2. The minimum absolute atomic E-state index is 0.0292. The van der Waals surface area contributed by atoms with Crippen LogP contribution >= 0.6 is 11.6 Å². The van der Waals surface area contributed by atoms with Gasteiger partial charge in [0.2, 0.25) is 17.7 Å². The van der Waals surface area contributed by atoms with E-state index in [4.69, 9.17) is 21.1 Å². The van der Waals surface area contributed by atoms with Gasteiger partial charge in [0, 0.05) is 5.69 Å². The highest BCUT2D eigenvalue weighted by Crippen LogP contribution is 2.35. The van der Waals surface area contributed by atoms with E-state index in [2.05, 4.69) is 27.2 Å². The zero-order chi connectivity index (χ0) is 24.9. The molecule has 1 heterocycles. The summed E-state index contributed by atoms with van der Waals surface area (Å²) in [5.74, 6) is 0.250. The molecule has 1 amide bonds. The number of benzene rings is 2. The van der Waals surface area contributed by atoms with Crippen molar-refractivity contribution < 1.29 is 22.7 Å². The third kappa shape index (κ3) is 5.64. The number of methoxy groups -OCH3 is 1. The van der Waals surface area contributed by atoms with Crippen LogP contribution in [-0.4, -0.2) is 36.7 Å². The smallest absolute Gasteiger partial charge is 0.247 e. The van der Waals surface area contributed by atoms with Crippen LogP contribution in [0.4, 0.5) is 17.3 Å². The van der Waals surface area contributed by atoms with Crippen molar-refractivity contribution in [1.29, 1.82) is 0 Å². The van der Waals surface area contributed by atoms with Gasteiger partial charge in [-0.3, -0.25) is 4.79 Å². The van der Waals surface area contributed by atoms with E-state index >= 15 is 0 Å². The van der Waals surface area contributed by atoms with E-state index in [-0.39, 0.29) is 33.4 Å². The molecule has 0 unspecified atom stereocenters. The zero-order valence-electron chi connectivity index (χ0n) is 18.7. The van der Waals surface area contributed by atoms with Gasteiger partial charge in [0.05, 0.1) is 24.2 Å². The van der Waals surface area contributed by atoms with Crippen LogP contribution in [0.5, 0.6) is 17.4 Å². The van der Waals surface area contributed by atoms with Gasteiger partial charge in [-0.1, -0.05) is 30.3 Å². The fourth-order valence-electron chi connectivity index (χ4n) is 2.81. The lowest BCUT2D eigenvalue weighted by Crippen LogP contribution is -2.15. The van der Waals surface area contributed by atoms with E-state index in [0.29, 0.717) is 17.1 Å². The van der Waals surface area contributed by atoms with Gasteiger partial charge in [0.1, 0.15) is 21.4 Å². The molecule has 0 aliphatic carbocycles. The first-order chi connectivity index (χ1) is 16.1.